The van der Waals surface area contributed by atoms with Gasteiger partial charge in [-0.3, -0.25) is 9.59 Å². The molecular formula is C15H18N2O4. The summed E-state index contributed by atoms with van der Waals surface area (Å²) in [4.78, 5) is 25.4. The van der Waals surface area contributed by atoms with Crippen molar-refractivity contribution < 1.29 is 19.4 Å². The number of hydrogen-bond acceptors (Lipinski definition) is 4. The van der Waals surface area contributed by atoms with Gasteiger partial charge in [-0.05, 0) is 25.0 Å². The van der Waals surface area contributed by atoms with E-state index in [0.717, 1.165) is 18.7 Å². The highest BCUT2D eigenvalue weighted by Gasteiger charge is 2.30. The summed E-state index contributed by atoms with van der Waals surface area (Å²) in [7, 11) is 0. The van der Waals surface area contributed by atoms with Gasteiger partial charge in [0.15, 0.2) is 5.75 Å². The number of carbonyl (C=O) groups is 2. The highest BCUT2D eigenvalue weighted by atomic mass is 16.5. The third-order valence-electron chi connectivity index (χ3n) is 3.97. The summed E-state index contributed by atoms with van der Waals surface area (Å²) in [6.07, 6.45) is 1.35. The third-order valence-corrected chi connectivity index (χ3v) is 3.97. The Kier molecular flexibility index (Phi) is 3.68. The second-order valence-electron chi connectivity index (χ2n) is 5.39. The standard InChI is InChI=1S/C15H18N2O4/c18-14(17-7-2-3-10(9-17)15(19)20)11-4-1-5-12-13(11)21-8-6-16-12/h1,4-5,10,16H,2-3,6-9H2,(H,19,20)/t10-/m1/s1. The van der Waals surface area contributed by atoms with Crippen LogP contribution in [0.15, 0.2) is 18.2 Å². The van der Waals surface area contributed by atoms with E-state index in [1.165, 1.54) is 0 Å². The van der Waals surface area contributed by atoms with Crippen LogP contribution in [0.1, 0.15) is 23.2 Å². The number of para-hydroxylation sites is 1. The van der Waals surface area contributed by atoms with Crippen molar-refractivity contribution in [3.05, 3.63) is 23.8 Å². The van der Waals surface area contributed by atoms with E-state index in [1.54, 1.807) is 11.0 Å². The number of piperidine rings is 1. The Morgan fingerprint density at radius 2 is 2.24 bits per heavy atom. The van der Waals surface area contributed by atoms with Crippen molar-refractivity contribution in [2.24, 2.45) is 5.92 Å². The normalized spacial score (nSPS) is 21.0. The predicted molar refractivity (Wildman–Crippen MR) is 76.7 cm³/mol. The van der Waals surface area contributed by atoms with Crippen LogP contribution < -0.4 is 10.1 Å². The minimum absolute atomic E-state index is 0.151. The first-order valence-corrected chi connectivity index (χ1v) is 7.18. The molecule has 6 heteroatoms. The van der Waals surface area contributed by atoms with Crippen LogP contribution in [0.2, 0.25) is 0 Å². The molecule has 1 saturated heterocycles. The molecule has 1 aromatic rings. The number of amides is 1. The van der Waals surface area contributed by atoms with Crippen molar-refractivity contribution in [2.45, 2.75) is 12.8 Å². The lowest BCUT2D eigenvalue weighted by Gasteiger charge is -2.31. The van der Waals surface area contributed by atoms with Gasteiger partial charge in [0, 0.05) is 19.6 Å². The number of carboxylic acids is 1. The summed E-state index contributed by atoms with van der Waals surface area (Å²) < 4.78 is 5.61. The van der Waals surface area contributed by atoms with Crippen LogP contribution in [0.5, 0.6) is 5.75 Å². The maximum Gasteiger partial charge on any atom is 0.308 e. The van der Waals surface area contributed by atoms with E-state index in [1.807, 2.05) is 12.1 Å². The molecule has 0 saturated carbocycles. The predicted octanol–water partition coefficient (Wildman–Crippen LogP) is 1.43. The average molecular weight is 290 g/mol. The van der Waals surface area contributed by atoms with E-state index in [4.69, 9.17) is 9.84 Å². The number of ether oxygens (including phenoxy) is 1. The largest absolute Gasteiger partial charge is 0.489 e. The van der Waals surface area contributed by atoms with E-state index in [2.05, 4.69) is 5.32 Å². The molecule has 2 N–H and O–H groups in total. The van der Waals surface area contributed by atoms with Crippen LogP contribution in [0.3, 0.4) is 0 Å². The fraction of sp³-hybridized carbons (Fsp3) is 0.467. The molecule has 21 heavy (non-hydrogen) atoms. The maximum atomic E-state index is 12.7. The van der Waals surface area contributed by atoms with Crippen LogP contribution >= 0.6 is 0 Å². The quantitative estimate of drug-likeness (QED) is 0.861. The zero-order chi connectivity index (χ0) is 14.8. The van der Waals surface area contributed by atoms with E-state index in [-0.39, 0.29) is 12.5 Å². The molecule has 0 radical (unpaired) electrons. The van der Waals surface area contributed by atoms with E-state index in [9.17, 15) is 9.59 Å². The number of carboxylic acid groups (broad SMARTS) is 1. The zero-order valence-electron chi connectivity index (χ0n) is 11.7. The first-order valence-electron chi connectivity index (χ1n) is 7.18. The van der Waals surface area contributed by atoms with Gasteiger partial charge in [0.1, 0.15) is 6.61 Å². The lowest BCUT2D eigenvalue weighted by molar-refractivity contribution is -0.143. The first kappa shape index (κ1) is 13.7. The average Bonchev–Trinajstić information content (AvgIpc) is 2.53. The summed E-state index contributed by atoms with van der Waals surface area (Å²) in [5, 5.41) is 12.3. The van der Waals surface area contributed by atoms with Gasteiger partial charge in [-0.2, -0.15) is 0 Å². The molecule has 0 aromatic heterocycles. The molecule has 1 aromatic carbocycles. The minimum Gasteiger partial charge on any atom is -0.489 e. The molecule has 0 unspecified atom stereocenters. The second kappa shape index (κ2) is 5.63. The van der Waals surface area contributed by atoms with Crippen LogP contribution in [0, 0.1) is 5.92 Å². The number of rotatable bonds is 2. The van der Waals surface area contributed by atoms with E-state index < -0.39 is 11.9 Å². The molecule has 112 valence electrons. The molecule has 1 fully saturated rings. The molecule has 0 aliphatic carbocycles. The number of nitrogens with zero attached hydrogens (tertiary/aromatic N) is 1. The number of likely N-dealkylation sites (tertiary alicyclic amines) is 1. The summed E-state index contributed by atoms with van der Waals surface area (Å²) in [6, 6.07) is 5.42. The fourth-order valence-corrected chi connectivity index (χ4v) is 2.87. The van der Waals surface area contributed by atoms with Crippen molar-refractivity contribution in [3.8, 4) is 5.75 Å². The molecule has 1 amide bonds. The number of benzene rings is 1. The highest BCUT2D eigenvalue weighted by molar-refractivity contribution is 5.99. The van der Waals surface area contributed by atoms with Crippen LogP contribution in [0.25, 0.3) is 0 Å². The van der Waals surface area contributed by atoms with Gasteiger partial charge in [0.2, 0.25) is 0 Å². The monoisotopic (exact) mass is 290 g/mol. The lowest BCUT2D eigenvalue weighted by atomic mass is 9.97. The Hall–Kier alpha value is -2.24. The summed E-state index contributed by atoms with van der Waals surface area (Å²) in [5.74, 6) is -0.880. The van der Waals surface area contributed by atoms with Crippen molar-refractivity contribution in [1.82, 2.24) is 4.90 Å². The number of carbonyl (C=O) groups excluding carboxylic acids is 1. The smallest absolute Gasteiger partial charge is 0.308 e. The summed E-state index contributed by atoms with van der Waals surface area (Å²) in [5.41, 5.74) is 1.32. The highest BCUT2D eigenvalue weighted by Crippen LogP contribution is 2.32. The molecule has 0 spiro atoms. The number of hydrogen-bond donors (Lipinski definition) is 2. The lowest BCUT2D eigenvalue weighted by Crippen LogP contribution is -2.42. The minimum atomic E-state index is -0.833. The molecule has 2 heterocycles. The molecule has 2 aliphatic rings. The number of anilines is 1. The van der Waals surface area contributed by atoms with Crippen molar-refractivity contribution in [1.29, 1.82) is 0 Å². The molecule has 0 bridgehead atoms. The Labute approximate surface area is 122 Å². The van der Waals surface area contributed by atoms with Gasteiger partial charge in [0.25, 0.3) is 5.91 Å². The van der Waals surface area contributed by atoms with Gasteiger partial charge in [-0.15, -0.1) is 0 Å². The van der Waals surface area contributed by atoms with Crippen molar-refractivity contribution in [3.63, 3.8) is 0 Å². The molecular weight excluding hydrogens is 272 g/mol. The van der Waals surface area contributed by atoms with Gasteiger partial charge >= 0.3 is 5.97 Å². The maximum absolute atomic E-state index is 12.7. The topological polar surface area (TPSA) is 78.9 Å². The van der Waals surface area contributed by atoms with Gasteiger partial charge in [-0.1, -0.05) is 6.07 Å². The number of fused-ring (bicyclic) bond motifs is 1. The van der Waals surface area contributed by atoms with Crippen LogP contribution in [0.4, 0.5) is 5.69 Å². The van der Waals surface area contributed by atoms with Crippen LogP contribution in [-0.4, -0.2) is 48.1 Å². The second-order valence-corrected chi connectivity index (χ2v) is 5.39. The molecule has 2 aliphatic heterocycles. The molecule has 6 nitrogen and oxygen atoms in total. The summed E-state index contributed by atoms with van der Waals surface area (Å²) in [6.45, 7) is 2.11. The summed E-state index contributed by atoms with van der Waals surface area (Å²) >= 11 is 0. The van der Waals surface area contributed by atoms with Gasteiger partial charge in [0.05, 0.1) is 17.2 Å². The van der Waals surface area contributed by atoms with Gasteiger partial charge < -0.3 is 20.1 Å². The van der Waals surface area contributed by atoms with E-state index in [0.29, 0.717) is 30.9 Å². The van der Waals surface area contributed by atoms with Gasteiger partial charge in [-0.25, -0.2) is 0 Å². The molecule has 3 rings (SSSR count). The number of aliphatic carboxylic acids is 1. The Morgan fingerprint density at radius 1 is 1.38 bits per heavy atom. The number of nitrogens with one attached hydrogen (secondary N) is 1. The Bertz CT molecular complexity index is 573. The van der Waals surface area contributed by atoms with Crippen molar-refractivity contribution >= 4 is 17.6 Å². The Balaban J connectivity index is 1.83. The van der Waals surface area contributed by atoms with E-state index >= 15 is 0 Å². The Morgan fingerprint density at radius 3 is 3.05 bits per heavy atom. The zero-order valence-corrected chi connectivity index (χ0v) is 11.7. The molecule has 1 atom stereocenters. The fourth-order valence-electron chi connectivity index (χ4n) is 2.87. The third kappa shape index (κ3) is 2.66. The van der Waals surface area contributed by atoms with Crippen molar-refractivity contribution in [2.75, 3.05) is 31.6 Å². The first-order chi connectivity index (χ1) is 10.2. The SMILES string of the molecule is O=C(O)[C@@H]1CCCN(C(=O)c2cccc3c2OCCN3)C1. The van der Waals surface area contributed by atoms with Crippen LogP contribution in [-0.2, 0) is 4.79 Å².